The zero-order valence-electron chi connectivity index (χ0n) is 10.4. The van der Waals surface area contributed by atoms with Crippen molar-refractivity contribution in [2.45, 2.75) is 38.0 Å². The van der Waals surface area contributed by atoms with Crippen molar-refractivity contribution in [2.75, 3.05) is 19.6 Å². The second-order valence-corrected chi connectivity index (χ2v) is 5.45. The number of likely N-dealkylation sites (tertiary alicyclic amines) is 1. The first-order chi connectivity index (χ1) is 8.34. The molecule has 0 amide bonds. The van der Waals surface area contributed by atoms with E-state index in [1.807, 2.05) is 12.1 Å². The molecule has 1 aromatic rings. The molecule has 0 saturated carbocycles. The first kappa shape index (κ1) is 11.1. The van der Waals surface area contributed by atoms with Crippen molar-refractivity contribution in [2.24, 2.45) is 0 Å². The molecule has 1 aliphatic carbocycles. The van der Waals surface area contributed by atoms with Crippen LogP contribution in [0.5, 0.6) is 5.75 Å². The van der Waals surface area contributed by atoms with E-state index in [1.54, 1.807) is 0 Å². The highest BCUT2D eigenvalue weighted by molar-refractivity contribution is 5.43. The van der Waals surface area contributed by atoms with E-state index in [1.165, 1.54) is 49.9 Å². The Morgan fingerprint density at radius 2 is 2.00 bits per heavy atom. The fraction of sp³-hybridized carbons (Fsp3) is 0.600. The Balaban J connectivity index is 1.83. The molecule has 17 heavy (non-hydrogen) atoms. The lowest BCUT2D eigenvalue weighted by Gasteiger charge is -2.29. The molecule has 1 atom stereocenters. The maximum Gasteiger partial charge on any atom is 0.119 e. The summed E-state index contributed by atoms with van der Waals surface area (Å²) >= 11 is 0. The van der Waals surface area contributed by atoms with Crippen LogP contribution >= 0.6 is 0 Å². The summed E-state index contributed by atoms with van der Waals surface area (Å²) < 4.78 is 0. The van der Waals surface area contributed by atoms with Crippen LogP contribution in [-0.2, 0) is 6.42 Å². The molecule has 0 bridgehead atoms. The minimum absolute atomic E-state index is 0.520. The van der Waals surface area contributed by atoms with E-state index in [9.17, 15) is 5.11 Å². The minimum Gasteiger partial charge on any atom is -0.508 e. The third-order valence-electron chi connectivity index (χ3n) is 4.26. The molecule has 0 spiro atoms. The number of phenols is 1. The number of rotatable bonds is 2. The number of fused-ring (bicyclic) bond motifs is 1. The topological polar surface area (TPSA) is 23.5 Å². The van der Waals surface area contributed by atoms with Gasteiger partial charge >= 0.3 is 0 Å². The van der Waals surface area contributed by atoms with Crippen LogP contribution in [0.4, 0.5) is 0 Å². The summed E-state index contributed by atoms with van der Waals surface area (Å²) in [7, 11) is 0. The zero-order valence-corrected chi connectivity index (χ0v) is 10.4. The monoisotopic (exact) mass is 231 g/mol. The minimum atomic E-state index is 0.520. The SMILES string of the molecule is Oc1cccc2c1C(CN1CCCC1)CCC2. The molecule has 2 aliphatic rings. The van der Waals surface area contributed by atoms with Gasteiger partial charge in [-0.15, -0.1) is 0 Å². The molecule has 0 aromatic heterocycles. The molecular weight excluding hydrogens is 210 g/mol. The average Bonchev–Trinajstić information content (AvgIpc) is 2.82. The highest BCUT2D eigenvalue weighted by Gasteiger charge is 2.25. The first-order valence-electron chi connectivity index (χ1n) is 6.88. The molecule has 1 unspecified atom stereocenters. The quantitative estimate of drug-likeness (QED) is 0.846. The van der Waals surface area contributed by atoms with Gasteiger partial charge in [0, 0.05) is 18.0 Å². The summed E-state index contributed by atoms with van der Waals surface area (Å²) in [5.41, 5.74) is 2.62. The van der Waals surface area contributed by atoms with Gasteiger partial charge in [-0.25, -0.2) is 0 Å². The van der Waals surface area contributed by atoms with E-state index in [0.29, 0.717) is 11.7 Å². The third kappa shape index (κ3) is 2.19. The molecule has 1 N–H and O–H groups in total. The fourth-order valence-corrected chi connectivity index (χ4v) is 3.43. The Morgan fingerprint density at radius 3 is 2.82 bits per heavy atom. The molecule has 1 heterocycles. The number of hydrogen-bond acceptors (Lipinski definition) is 2. The second-order valence-electron chi connectivity index (χ2n) is 5.45. The van der Waals surface area contributed by atoms with Crippen molar-refractivity contribution < 1.29 is 5.11 Å². The van der Waals surface area contributed by atoms with Gasteiger partial charge in [0.15, 0.2) is 0 Å². The molecule has 1 aromatic carbocycles. The summed E-state index contributed by atoms with van der Waals surface area (Å²) in [6.45, 7) is 3.64. The second kappa shape index (κ2) is 4.69. The van der Waals surface area contributed by atoms with Gasteiger partial charge in [0.1, 0.15) is 5.75 Å². The van der Waals surface area contributed by atoms with E-state index in [0.717, 1.165) is 13.0 Å². The van der Waals surface area contributed by atoms with Crippen LogP contribution < -0.4 is 0 Å². The molecule has 2 heteroatoms. The highest BCUT2D eigenvalue weighted by atomic mass is 16.3. The first-order valence-corrected chi connectivity index (χ1v) is 6.88. The summed E-state index contributed by atoms with van der Waals surface area (Å²) in [6, 6.07) is 6.01. The Hall–Kier alpha value is -1.02. The summed E-state index contributed by atoms with van der Waals surface area (Å²) in [5.74, 6) is 1.07. The molecule has 92 valence electrons. The number of aromatic hydroxyl groups is 1. The van der Waals surface area contributed by atoms with Gasteiger partial charge in [-0.1, -0.05) is 12.1 Å². The van der Waals surface area contributed by atoms with Crippen molar-refractivity contribution in [1.82, 2.24) is 4.90 Å². The Morgan fingerprint density at radius 1 is 1.18 bits per heavy atom. The predicted molar refractivity (Wildman–Crippen MR) is 69.5 cm³/mol. The lowest BCUT2D eigenvalue weighted by Crippen LogP contribution is -2.27. The number of benzene rings is 1. The average molecular weight is 231 g/mol. The van der Waals surface area contributed by atoms with E-state index in [-0.39, 0.29) is 0 Å². The molecule has 1 fully saturated rings. The molecule has 3 rings (SSSR count). The van der Waals surface area contributed by atoms with Crippen molar-refractivity contribution in [1.29, 1.82) is 0 Å². The van der Waals surface area contributed by atoms with Crippen molar-refractivity contribution >= 4 is 0 Å². The van der Waals surface area contributed by atoms with Crippen LogP contribution in [0.1, 0.15) is 42.7 Å². The number of phenolic OH excluding ortho intramolecular Hbond substituents is 1. The molecular formula is C15H21NO. The van der Waals surface area contributed by atoms with Gasteiger partial charge in [0.25, 0.3) is 0 Å². The lowest BCUT2D eigenvalue weighted by atomic mass is 9.82. The van der Waals surface area contributed by atoms with Gasteiger partial charge < -0.3 is 10.0 Å². The lowest BCUT2D eigenvalue weighted by molar-refractivity contribution is 0.296. The van der Waals surface area contributed by atoms with Gasteiger partial charge in [0.05, 0.1) is 0 Å². The number of aryl methyl sites for hydroxylation is 1. The molecule has 0 radical (unpaired) electrons. The van der Waals surface area contributed by atoms with E-state index in [2.05, 4.69) is 11.0 Å². The highest BCUT2D eigenvalue weighted by Crippen LogP contribution is 2.38. The van der Waals surface area contributed by atoms with Crippen LogP contribution in [0.2, 0.25) is 0 Å². The van der Waals surface area contributed by atoms with Gasteiger partial charge in [-0.2, -0.15) is 0 Å². The van der Waals surface area contributed by atoms with Gasteiger partial charge in [-0.05, 0) is 56.8 Å². The van der Waals surface area contributed by atoms with Crippen LogP contribution in [0, 0.1) is 0 Å². The van der Waals surface area contributed by atoms with Crippen LogP contribution in [0.25, 0.3) is 0 Å². The van der Waals surface area contributed by atoms with Gasteiger partial charge in [0.2, 0.25) is 0 Å². The van der Waals surface area contributed by atoms with Crippen LogP contribution in [0.3, 0.4) is 0 Å². The Bertz CT molecular complexity index is 396. The van der Waals surface area contributed by atoms with Crippen molar-refractivity contribution in [3.05, 3.63) is 29.3 Å². The summed E-state index contributed by atoms with van der Waals surface area (Å²) in [4.78, 5) is 2.56. The van der Waals surface area contributed by atoms with E-state index >= 15 is 0 Å². The largest absolute Gasteiger partial charge is 0.508 e. The third-order valence-corrected chi connectivity index (χ3v) is 4.26. The van der Waals surface area contributed by atoms with Crippen LogP contribution in [0.15, 0.2) is 18.2 Å². The Kier molecular flexibility index (Phi) is 3.06. The summed E-state index contributed by atoms with van der Waals surface area (Å²) in [5, 5.41) is 10.1. The summed E-state index contributed by atoms with van der Waals surface area (Å²) in [6.07, 6.45) is 6.34. The fourth-order valence-electron chi connectivity index (χ4n) is 3.43. The standard InChI is InChI=1S/C15H21NO/c17-14-8-4-6-12-5-3-7-13(15(12)14)11-16-9-1-2-10-16/h4,6,8,13,17H,1-3,5,7,9-11H2. The number of hydrogen-bond donors (Lipinski definition) is 1. The van der Waals surface area contributed by atoms with E-state index < -0.39 is 0 Å². The van der Waals surface area contributed by atoms with Crippen LogP contribution in [-0.4, -0.2) is 29.6 Å². The van der Waals surface area contributed by atoms with Gasteiger partial charge in [-0.3, -0.25) is 0 Å². The molecule has 1 saturated heterocycles. The van der Waals surface area contributed by atoms with Crippen molar-refractivity contribution in [3.8, 4) is 5.75 Å². The Labute approximate surface area is 103 Å². The maximum atomic E-state index is 10.1. The molecule has 1 aliphatic heterocycles. The zero-order chi connectivity index (χ0) is 11.7. The smallest absolute Gasteiger partial charge is 0.119 e. The van der Waals surface area contributed by atoms with E-state index in [4.69, 9.17) is 0 Å². The number of nitrogens with zero attached hydrogens (tertiary/aromatic N) is 1. The predicted octanol–water partition coefficient (Wildman–Crippen LogP) is 2.91. The normalized spacial score (nSPS) is 24.8. The maximum absolute atomic E-state index is 10.1. The van der Waals surface area contributed by atoms with Crippen molar-refractivity contribution in [3.63, 3.8) is 0 Å². The molecule has 2 nitrogen and oxygen atoms in total.